The lowest BCUT2D eigenvalue weighted by molar-refractivity contribution is -0.144. The van der Waals surface area contributed by atoms with E-state index in [-0.39, 0.29) is 29.7 Å². The maximum atomic E-state index is 12.6. The summed E-state index contributed by atoms with van der Waals surface area (Å²) in [5, 5.41) is 0.535. The van der Waals surface area contributed by atoms with Crippen molar-refractivity contribution in [2.75, 3.05) is 26.2 Å². The number of rotatable bonds is 4. The van der Waals surface area contributed by atoms with E-state index in [0.717, 1.165) is 23.7 Å². The van der Waals surface area contributed by atoms with Crippen molar-refractivity contribution in [1.82, 2.24) is 19.4 Å². The first-order valence-electron chi connectivity index (χ1n) is 9.74. The fourth-order valence-electron chi connectivity index (χ4n) is 3.75. The minimum absolute atomic E-state index is 0.0111. The summed E-state index contributed by atoms with van der Waals surface area (Å²) in [5.74, 6) is 0.463. The maximum absolute atomic E-state index is 12.6. The molecule has 0 bridgehead atoms. The molecule has 1 saturated carbocycles. The molecule has 0 N–H and O–H groups in total. The van der Waals surface area contributed by atoms with Gasteiger partial charge in [-0.3, -0.25) is 19.0 Å². The molecule has 1 aliphatic heterocycles. The molecule has 1 aromatic carbocycles. The molecular weight excluding hydrogens is 424 g/mol. The van der Waals surface area contributed by atoms with Gasteiger partial charge in [0.05, 0.1) is 17.2 Å². The second-order valence-corrected chi connectivity index (χ2v) is 8.40. The molecule has 2 heterocycles. The Balaban J connectivity index is 1.33. The average Bonchev–Trinajstić information content (AvgIpc) is 2.66. The monoisotopic (exact) mass is 446 g/mol. The Morgan fingerprint density at radius 1 is 1.11 bits per heavy atom. The topological polar surface area (TPSA) is 75.5 Å². The van der Waals surface area contributed by atoms with Gasteiger partial charge in [0.1, 0.15) is 0 Å². The van der Waals surface area contributed by atoms with Gasteiger partial charge < -0.3 is 9.80 Å². The minimum Gasteiger partial charge on any atom is -0.339 e. The van der Waals surface area contributed by atoms with Gasteiger partial charge >= 0.3 is 0 Å². The van der Waals surface area contributed by atoms with Gasteiger partial charge in [-0.1, -0.05) is 22.4 Å². The van der Waals surface area contributed by atoms with E-state index >= 15 is 0 Å². The van der Waals surface area contributed by atoms with Crippen molar-refractivity contribution in [2.24, 2.45) is 5.92 Å². The Hall–Kier alpha value is -2.22. The Kier molecular flexibility index (Phi) is 5.48. The van der Waals surface area contributed by atoms with Gasteiger partial charge in [0.2, 0.25) is 11.8 Å². The molecule has 8 heteroatoms. The minimum atomic E-state index is -0.144. The van der Waals surface area contributed by atoms with Crippen LogP contribution in [0.15, 0.2) is 33.8 Å². The predicted molar refractivity (Wildman–Crippen MR) is 109 cm³/mol. The molecule has 2 amide bonds. The number of fused-ring (bicyclic) bond motifs is 1. The first-order valence-corrected chi connectivity index (χ1v) is 10.5. The fraction of sp³-hybridized carbons (Fsp3) is 0.500. The van der Waals surface area contributed by atoms with E-state index in [2.05, 4.69) is 20.9 Å². The van der Waals surface area contributed by atoms with Crippen LogP contribution in [0.4, 0.5) is 0 Å². The molecule has 0 spiro atoms. The standard InChI is InChI=1S/C20H23BrN4O3/c21-15-4-5-17-16(12-15)20(28)25(13-22-17)7-6-18(26)23-8-10-24(11-9-23)19(27)14-2-1-3-14/h4-5,12-14H,1-3,6-11H2. The zero-order valence-corrected chi connectivity index (χ0v) is 17.2. The van der Waals surface area contributed by atoms with Gasteiger partial charge in [-0.2, -0.15) is 0 Å². The van der Waals surface area contributed by atoms with Crippen LogP contribution in [0.5, 0.6) is 0 Å². The Morgan fingerprint density at radius 2 is 1.82 bits per heavy atom. The number of piperazine rings is 1. The first-order chi connectivity index (χ1) is 13.5. The second-order valence-electron chi connectivity index (χ2n) is 7.49. The van der Waals surface area contributed by atoms with Crippen LogP contribution in [0, 0.1) is 5.92 Å². The zero-order chi connectivity index (χ0) is 19.7. The summed E-state index contributed by atoms with van der Waals surface area (Å²) >= 11 is 3.37. The third-order valence-electron chi connectivity index (χ3n) is 5.75. The maximum Gasteiger partial charge on any atom is 0.261 e. The SMILES string of the molecule is O=C(CCn1cnc2ccc(Br)cc2c1=O)N1CCN(C(=O)C2CCC2)CC1. The van der Waals surface area contributed by atoms with Crippen molar-refractivity contribution in [3.63, 3.8) is 0 Å². The van der Waals surface area contributed by atoms with Gasteiger partial charge in [0.25, 0.3) is 5.56 Å². The summed E-state index contributed by atoms with van der Waals surface area (Å²) in [5.41, 5.74) is 0.498. The summed E-state index contributed by atoms with van der Waals surface area (Å²) in [7, 11) is 0. The van der Waals surface area contributed by atoms with E-state index in [0.29, 0.717) is 43.6 Å². The van der Waals surface area contributed by atoms with Crippen molar-refractivity contribution in [3.05, 3.63) is 39.4 Å². The Bertz CT molecular complexity index is 962. The third kappa shape index (κ3) is 3.83. The van der Waals surface area contributed by atoms with Gasteiger partial charge in [0, 0.05) is 49.5 Å². The molecule has 0 atom stereocenters. The highest BCUT2D eigenvalue weighted by Gasteiger charge is 2.31. The Labute approximate surface area is 171 Å². The largest absolute Gasteiger partial charge is 0.339 e. The lowest BCUT2D eigenvalue weighted by atomic mass is 9.84. The molecule has 0 unspecified atom stereocenters. The van der Waals surface area contributed by atoms with Crippen molar-refractivity contribution in [3.8, 4) is 0 Å². The van der Waals surface area contributed by atoms with Gasteiger partial charge in [-0.25, -0.2) is 4.98 Å². The van der Waals surface area contributed by atoms with Gasteiger partial charge in [-0.05, 0) is 31.0 Å². The van der Waals surface area contributed by atoms with Crippen LogP contribution in [0.3, 0.4) is 0 Å². The first kappa shape index (κ1) is 19.1. The molecular formula is C20H23BrN4O3. The summed E-state index contributed by atoms with van der Waals surface area (Å²) in [6.07, 6.45) is 4.90. The second kappa shape index (κ2) is 8.03. The number of hydrogen-bond acceptors (Lipinski definition) is 4. The molecule has 2 aromatic rings. The number of benzene rings is 1. The lowest BCUT2D eigenvalue weighted by Gasteiger charge is -2.38. The molecule has 2 fully saturated rings. The molecule has 1 aromatic heterocycles. The molecule has 148 valence electrons. The van der Waals surface area contributed by atoms with Crippen LogP contribution in [-0.4, -0.2) is 57.3 Å². The van der Waals surface area contributed by atoms with Crippen molar-refractivity contribution in [1.29, 1.82) is 0 Å². The summed E-state index contributed by atoms with van der Waals surface area (Å²) < 4.78 is 2.31. The smallest absolute Gasteiger partial charge is 0.261 e. The molecule has 1 saturated heterocycles. The quantitative estimate of drug-likeness (QED) is 0.719. The van der Waals surface area contributed by atoms with E-state index in [1.54, 1.807) is 17.0 Å². The number of carbonyl (C=O) groups excluding carboxylic acids is 2. The average molecular weight is 447 g/mol. The highest BCUT2D eigenvalue weighted by Crippen LogP contribution is 2.28. The van der Waals surface area contributed by atoms with E-state index in [1.807, 2.05) is 11.0 Å². The van der Waals surface area contributed by atoms with Crippen molar-refractivity contribution < 1.29 is 9.59 Å². The molecule has 2 aliphatic rings. The van der Waals surface area contributed by atoms with Crippen molar-refractivity contribution >= 4 is 38.6 Å². The van der Waals surface area contributed by atoms with Crippen LogP contribution in [0.1, 0.15) is 25.7 Å². The van der Waals surface area contributed by atoms with Gasteiger partial charge in [0.15, 0.2) is 0 Å². The summed E-state index contributed by atoms with van der Waals surface area (Å²) in [6.45, 7) is 2.64. The predicted octanol–water partition coefficient (Wildman–Crippen LogP) is 2.02. The van der Waals surface area contributed by atoms with Crippen molar-refractivity contribution in [2.45, 2.75) is 32.2 Å². The highest BCUT2D eigenvalue weighted by molar-refractivity contribution is 9.10. The van der Waals surface area contributed by atoms with E-state index in [9.17, 15) is 14.4 Å². The highest BCUT2D eigenvalue weighted by atomic mass is 79.9. The third-order valence-corrected chi connectivity index (χ3v) is 6.24. The van der Waals surface area contributed by atoms with Crippen LogP contribution in [0.2, 0.25) is 0 Å². The molecule has 7 nitrogen and oxygen atoms in total. The van der Waals surface area contributed by atoms with Gasteiger partial charge in [-0.15, -0.1) is 0 Å². The van der Waals surface area contributed by atoms with Crippen LogP contribution >= 0.6 is 15.9 Å². The number of carbonyl (C=O) groups is 2. The zero-order valence-electron chi connectivity index (χ0n) is 15.6. The summed E-state index contributed by atoms with van der Waals surface area (Å²) in [6, 6.07) is 5.39. The van der Waals surface area contributed by atoms with Crippen LogP contribution in [0.25, 0.3) is 10.9 Å². The summed E-state index contributed by atoms with van der Waals surface area (Å²) in [4.78, 5) is 45.5. The lowest BCUT2D eigenvalue weighted by Crippen LogP contribution is -2.52. The van der Waals surface area contributed by atoms with Crippen LogP contribution < -0.4 is 5.56 Å². The number of hydrogen-bond donors (Lipinski definition) is 0. The number of aromatic nitrogens is 2. The molecule has 28 heavy (non-hydrogen) atoms. The van der Waals surface area contributed by atoms with E-state index in [1.165, 1.54) is 10.9 Å². The number of nitrogens with zero attached hydrogens (tertiary/aromatic N) is 4. The van der Waals surface area contributed by atoms with E-state index in [4.69, 9.17) is 0 Å². The van der Waals surface area contributed by atoms with E-state index < -0.39 is 0 Å². The Morgan fingerprint density at radius 3 is 2.50 bits per heavy atom. The number of halogens is 1. The molecule has 0 radical (unpaired) electrons. The normalized spacial score (nSPS) is 17.6. The number of aryl methyl sites for hydroxylation is 1. The fourth-order valence-corrected chi connectivity index (χ4v) is 4.12. The number of amides is 2. The molecule has 1 aliphatic carbocycles. The molecule has 4 rings (SSSR count). The van der Waals surface area contributed by atoms with Crippen LogP contribution in [-0.2, 0) is 16.1 Å².